The highest BCUT2D eigenvalue weighted by atomic mass is 32.2. The van der Waals surface area contributed by atoms with Crippen LogP contribution in [0.15, 0.2) is 91.8 Å². The van der Waals surface area contributed by atoms with Crippen molar-refractivity contribution >= 4 is 32.6 Å². The molecule has 0 radical (unpaired) electrons. The molecule has 0 aliphatic heterocycles. The Labute approximate surface area is 173 Å². The van der Waals surface area contributed by atoms with Crippen LogP contribution in [0, 0.1) is 0 Å². The average Bonchev–Trinajstić information content (AvgIpc) is 2.73. The summed E-state index contributed by atoms with van der Waals surface area (Å²) in [5.74, 6) is 0.423. The van der Waals surface area contributed by atoms with Crippen molar-refractivity contribution in [3.63, 3.8) is 0 Å². The smallest absolute Gasteiger partial charge is 0.201 e. The van der Waals surface area contributed by atoms with Crippen LogP contribution in [0.4, 0.5) is 0 Å². The molecular weight excluding hydrogens is 404 g/mol. The van der Waals surface area contributed by atoms with Crippen molar-refractivity contribution < 1.29 is 12.8 Å². The number of hydrogen-bond donors (Lipinski definition) is 0. The average molecular weight is 423 g/mol. The first-order chi connectivity index (χ1) is 13.9. The van der Waals surface area contributed by atoms with Gasteiger partial charge in [-0.25, -0.2) is 8.42 Å². The van der Waals surface area contributed by atoms with E-state index in [1.54, 1.807) is 36.0 Å². The van der Waals surface area contributed by atoms with Gasteiger partial charge in [-0.15, -0.1) is 11.8 Å². The van der Waals surface area contributed by atoms with Crippen LogP contribution in [0.25, 0.3) is 33.4 Å². The van der Waals surface area contributed by atoms with E-state index in [1.165, 1.54) is 12.1 Å². The quantitative estimate of drug-likeness (QED) is 0.420. The van der Waals surface area contributed by atoms with Crippen LogP contribution in [0.3, 0.4) is 0 Å². The third-order valence-electron chi connectivity index (χ3n) is 4.70. The maximum atomic E-state index is 13.4. The molecule has 0 spiro atoms. The Morgan fingerprint density at radius 1 is 0.862 bits per heavy atom. The van der Waals surface area contributed by atoms with Crippen molar-refractivity contribution in [2.75, 3.05) is 12.5 Å². The first kappa shape index (κ1) is 19.5. The number of fused-ring (bicyclic) bond motifs is 1. The summed E-state index contributed by atoms with van der Waals surface area (Å²) in [6.07, 6.45) is 3.14. The van der Waals surface area contributed by atoms with Crippen LogP contribution in [0.2, 0.25) is 0 Å². The lowest BCUT2D eigenvalue weighted by molar-refractivity contribution is 0.601. The zero-order valence-electron chi connectivity index (χ0n) is 15.9. The molecule has 0 atom stereocenters. The molecule has 0 amide bonds. The lowest BCUT2D eigenvalue weighted by atomic mass is 9.98. The van der Waals surface area contributed by atoms with E-state index in [2.05, 4.69) is 0 Å². The molecule has 29 heavy (non-hydrogen) atoms. The van der Waals surface area contributed by atoms with Crippen molar-refractivity contribution in [2.45, 2.75) is 9.79 Å². The van der Waals surface area contributed by atoms with Crippen LogP contribution in [-0.4, -0.2) is 20.9 Å². The third kappa shape index (κ3) is 3.73. The van der Waals surface area contributed by atoms with Crippen LogP contribution in [-0.2, 0) is 9.84 Å². The molecule has 0 unspecified atom stereocenters. The molecule has 146 valence electrons. The Bertz CT molecular complexity index is 1370. The van der Waals surface area contributed by atoms with Gasteiger partial charge in [-0.3, -0.25) is 4.79 Å². The number of benzene rings is 3. The molecule has 0 N–H and O–H groups in total. The molecular formula is C23H18O4S2. The van der Waals surface area contributed by atoms with Crippen LogP contribution in [0.1, 0.15) is 0 Å². The summed E-state index contributed by atoms with van der Waals surface area (Å²) in [6, 6.07) is 21.3. The zero-order chi connectivity index (χ0) is 20.6. The van der Waals surface area contributed by atoms with E-state index in [-0.39, 0.29) is 10.3 Å². The van der Waals surface area contributed by atoms with E-state index >= 15 is 0 Å². The number of hydrogen-bond acceptors (Lipinski definition) is 5. The van der Waals surface area contributed by atoms with E-state index in [0.29, 0.717) is 27.9 Å². The summed E-state index contributed by atoms with van der Waals surface area (Å²) < 4.78 is 29.7. The monoisotopic (exact) mass is 422 g/mol. The minimum absolute atomic E-state index is 0.118. The predicted molar refractivity (Wildman–Crippen MR) is 118 cm³/mol. The first-order valence-corrected chi connectivity index (χ1v) is 12.0. The summed E-state index contributed by atoms with van der Waals surface area (Å²) in [5, 5.41) is 0.508. The van der Waals surface area contributed by atoms with Gasteiger partial charge >= 0.3 is 0 Å². The summed E-state index contributed by atoms with van der Waals surface area (Å²) in [4.78, 5) is 14.6. The Kier molecular flexibility index (Phi) is 5.06. The van der Waals surface area contributed by atoms with Gasteiger partial charge in [-0.2, -0.15) is 0 Å². The van der Waals surface area contributed by atoms with E-state index in [9.17, 15) is 13.2 Å². The van der Waals surface area contributed by atoms with E-state index in [0.717, 1.165) is 16.7 Å². The molecule has 0 saturated heterocycles. The second-order valence-corrected chi connectivity index (χ2v) is 9.56. The highest BCUT2D eigenvalue weighted by Crippen LogP contribution is 2.34. The van der Waals surface area contributed by atoms with Crippen LogP contribution in [0.5, 0.6) is 0 Å². The maximum Gasteiger partial charge on any atom is 0.201 e. The van der Waals surface area contributed by atoms with Gasteiger partial charge in [0.1, 0.15) is 11.3 Å². The van der Waals surface area contributed by atoms with Crippen molar-refractivity contribution in [1.82, 2.24) is 0 Å². The normalized spacial score (nSPS) is 11.7. The number of sulfone groups is 1. The fraction of sp³-hybridized carbons (Fsp3) is 0.0870. The number of rotatable bonds is 4. The lowest BCUT2D eigenvalue weighted by Gasteiger charge is -2.12. The largest absolute Gasteiger partial charge is 0.455 e. The second-order valence-electron chi connectivity index (χ2n) is 6.66. The van der Waals surface area contributed by atoms with Gasteiger partial charge in [-0.05, 0) is 60.4 Å². The molecule has 1 aromatic heterocycles. The van der Waals surface area contributed by atoms with Crippen molar-refractivity contribution in [2.24, 2.45) is 0 Å². The third-order valence-corrected chi connectivity index (χ3v) is 6.55. The van der Waals surface area contributed by atoms with E-state index in [4.69, 9.17) is 4.42 Å². The van der Waals surface area contributed by atoms with Crippen LogP contribution < -0.4 is 5.43 Å². The lowest BCUT2D eigenvalue weighted by Crippen LogP contribution is -2.07. The Morgan fingerprint density at radius 3 is 2.28 bits per heavy atom. The van der Waals surface area contributed by atoms with Crippen molar-refractivity contribution in [3.05, 3.63) is 83.0 Å². The van der Waals surface area contributed by atoms with E-state index in [1.807, 2.05) is 42.7 Å². The molecule has 0 aliphatic carbocycles. The fourth-order valence-corrected chi connectivity index (χ4v) is 4.33. The van der Waals surface area contributed by atoms with Gasteiger partial charge in [0.15, 0.2) is 9.84 Å². The number of para-hydroxylation sites is 1. The van der Waals surface area contributed by atoms with Gasteiger partial charge in [0, 0.05) is 16.7 Å². The van der Waals surface area contributed by atoms with Crippen molar-refractivity contribution in [3.8, 4) is 22.5 Å². The minimum atomic E-state index is -3.31. The topological polar surface area (TPSA) is 64.3 Å². The van der Waals surface area contributed by atoms with Gasteiger partial charge in [-0.1, -0.05) is 24.3 Å². The molecule has 6 heteroatoms. The Morgan fingerprint density at radius 2 is 1.59 bits per heavy atom. The van der Waals surface area contributed by atoms with Crippen LogP contribution >= 0.6 is 11.8 Å². The van der Waals surface area contributed by atoms with Crippen molar-refractivity contribution in [1.29, 1.82) is 0 Å². The maximum absolute atomic E-state index is 13.4. The Hall–Kier alpha value is -2.83. The molecule has 0 fully saturated rings. The van der Waals surface area contributed by atoms with E-state index < -0.39 is 9.84 Å². The Balaban J connectivity index is 2.03. The van der Waals surface area contributed by atoms with Gasteiger partial charge in [0.05, 0.1) is 15.8 Å². The molecule has 3 aromatic carbocycles. The predicted octanol–water partition coefficient (Wildman–Crippen LogP) is 5.25. The molecule has 4 rings (SSSR count). The minimum Gasteiger partial charge on any atom is -0.455 e. The standard InChI is InChI=1S/C23H18O4S2/c1-28-17-7-5-6-16(14-17)21-22(24)19-8-3-4-9-20(19)27-23(21)15-10-12-18(13-11-15)29(2,25)26/h3-14H,1-2H3. The molecule has 4 nitrogen and oxygen atoms in total. The highest BCUT2D eigenvalue weighted by molar-refractivity contribution is 7.98. The zero-order valence-corrected chi connectivity index (χ0v) is 17.5. The molecule has 4 aromatic rings. The molecule has 1 heterocycles. The summed E-state index contributed by atoms with van der Waals surface area (Å²) >= 11 is 1.59. The SMILES string of the molecule is CSc1cccc(-c2c(-c3ccc(S(C)(=O)=O)cc3)oc3ccccc3c2=O)c1. The molecule has 0 bridgehead atoms. The number of thioether (sulfide) groups is 1. The van der Waals surface area contributed by atoms with Gasteiger partial charge in [0.2, 0.25) is 5.43 Å². The summed E-state index contributed by atoms with van der Waals surface area (Å²) in [6.45, 7) is 0. The van der Waals surface area contributed by atoms with Gasteiger partial charge < -0.3 is 4.42 Å². The highest BCUT2D eigenvalue weighted by Gasteiger charge is 2.18. The molecule has 0 saturated carbocycles. The second kappa shape index (κ2) is 7.54. The first-order valence-electron chi connectivity index (χ1n) is 8.89. The summed E-state index contributed by atoms with van der Waals surface area (Å²) in [5.41, 5.74) is 2.24. The molecule has 0 aliphatic rings. The van der Waals surface area contributed by atoms with Gasteiger partial charge in [0.25, 0.3) is 0 Å². The fourth-order valence-electron chi connectivity index (χ4n) is 3.24. The summed E-state index contributed by atoms with van der Waals surface area (Å²) in [7, 11) is -3.31.